The Balaban J connectivity index is 2.22. The molecule has 0 saturated carbocycles. The molecule has 1 saturated heterocycles. The van der Waals surface area contributed by atoms with Crippen molar-refractivity contribution in [3.8, 4) is 0 Å². The molecule has 3 nitrogen and oxygen atoms in total. The maximum Gasteiger partial charge on any atom is 0.0716 e. The summed E-state index contributed by atoms with van der Waals surface area (Å²) in [6, 6.07) is 0. The van der Waals surface area contributed by atoms with Crippen molar-refractivity contribution in [1.82, 2.24) is 10.6 Å². The van der Waals surface area contributed by atoms with Gasteiger partial charge in [0.1, 0.15) is 0 Å². The third-order valence-electron chi connectivity index (χ3n) is 1.77. The van der Waals surface area contributed by atoms with Gasteiger partial charge in [-0.3, -0.25) is 0 Å². The Morgan fingerprint density at radius 3 is 2.89 bits per heavy atom. The lowest BCUT2D eigenvalue weighted by atomic mass is 10.1. The zero-order valence-corrected chi connectivity index (χ0v) is 5.72. The summed E-state index contributed by atoms with van der Waals surface area (Å²) < 4.78 is 0. The molecule has 2 unspecified atom stereocenters. The Hall–Kier alpha value is -0.120. The molecule has 2 atom stereocenters. The van der Waals surface area contributed by atoms with Gasteiger partial charge in [0, 0.05) is 25.6 Å². The lowest BCUT2D eigenvalue weighted by molar-refractivity contribution is 0.147. The summed E-state index contributed by atoms with van der Waals surface area (Å²) >= 11 is 0. The molecule has 3 N–H and O–H groups in total. The number of rotatable bonds is 2. The van der Waals surface area contributed by atoms with E-state index < -0.39 is 0 Å². The van der Waals surface area contributed by atoms with E-state index in [1.54, 1.807) is 0 Å². The average Bonchev–Trinajstić information content (AvgIpc) is 2.18. The Morgan fingerprint density at radius 2 is 2.44 bits per heavy atom. The normalized spacial score (nSPS) is 35.3. The van der Waals surface area contributed by atoms with E-state index in [2.05, 4.69) is 10.6 Å². The molecule has 1 fully saturated rings. The summed E-state index contributed by atoms with van der Waals surface area (Å²) in [6.45, 7) is 2.61. The van der Waals surface area contributed by atoms with Gasteiger partial charge in [0.2, 0.25) is 0 Å². The topological polar surface area (TPSA) is 44.3 Å². The molecule has 1 aliphatic rings. The van der Waals surface area contributed by atoms with Crippen LogP contribution in [0.4, 0.5) is 0 Å². The fourth-order valence-electron chi connectivity index (χ4n) is 1.19. The van der Waals surface area contributed by atoms with Crippen molar-refractivity contribution in [2.75, 3.05) is 26.7 Å². The predicted octanol–water partition coefficient (Wildman–Crippen LogP) is -1.21. The van der Waals surface area contributed by atoms with Crippen molar-refractivity contribution in [1.29, 1.82) is 0 Å². The van der Waals surface area contributed by atoms with Crippen molar-refractivity contribution < 1.29 is 5.11 Å². The third-order valence-corrected chi connectivity index (χ3v) is 1.77. The van der Waals surface area contributed by atoms with Gasteiger partial charge in [0.15, 0.2) is 0 Å². The van der Waals surface area contributed by atoms with Crippen molar-refractivity contribution in [3.05, 3.63) is 0 Å². The zero-order valence-electron chi connectivity index (χ0n) is 5.72. The second-order valence-electron chi connectivity index (χ2n) is 2.54. The summed E-state index contributed by atoms with van der Waals surface area (Å²) in [4.78, 5) is 0. The number of hydrogen-bond donors (Lipinski definition) is 3. The molecular weight excluding hydrogens is 116 g/mol. The molecule has 1 aliphatic heterocycles. The molecule has 54 valence electrons. The van der Waals surface area contributed by atoms with E-state index in [1.807, 2.05) is 7.05 Å². The molecule has 0 radical (unpaired) electrons. The van der Waals surface area contributed by atoms with Crippen LogP contribution in [0.15, 0.2) is 0 Å². The summed E-state index contributed by atoms with van der Waals surface area (Å²) in [6.07, 6.45) is -0.141. The molecule has 0 aliphatic carbocycles. The zero-order chi connectivity index (χ0) is 6.69. The van der Waals surface area contributed by atoms with Gasteiger partial charge in [-0.1, -0.05) is 0 Å². The molecular formula is C6H14N2O. The monoisotopic (exact) mass is 130 g/mol. The Kier molecular flexibility index (Phi) is 2.45. The number of β-amino-alcohol motifs (C(OH)–C–C–N with tert-alkyl or cyclic N) is 1. The van der Waals surface area contributed by atoms with Crippen LogP contribution in [0.2, 0.25) is 0 Å². The first-order chi connectivity index (χ1) is 4.34. The van der Waals surface area contributed by atoms with Crippen LogP contribution >= 0.6 is 0 Å². The Labute approximate surface area is 55.5 Å². The van der Waals surface area contributed by atoms with Gasteiger partial charge >= 0.3 is 0 Å². The maximum absolute atomic E-state index is 9.22. The second kappa shape index (κ2) is 3.15. The van der Waals surface area contributed by atoms with Crippen LogP contribution in [0, 0.1) is 5.92 Å². The smallest absolute Gasteiger partial charge is 0.0716 e. The van der Waals surface area contributed by atoms with E-state index in [1.165, 1.54) is 0 Å². The van der Waals surface area contributed by atoms with Crippen LogP contribution in [-0.4, -0.2) is 37.9 Å². The van der Waals surface area contributed by atoms with Gasteiger partial charge in [0.25, 0.3) is 0 Å². The minimum absolute atomic E-state index is 0.141. The van der Waals surface area contributed by atoms with Gasteiger partial charge < -0.3 is 15.7 Å². The molecule has 0 aromatic heterocycles. The number of nitrogens with one attached hydrogen (secondary N) is 2. The van der Waals surface area contributed by atoms with Crippen molar-refractivity contribution in [3.63, 3.8) is 0 Å². The number of hydrogen-bond acceptors (Lipinski definition) is 3. The average molecular weight is 130 g/mol. The molecule has 0 amide bonds. The first kappa shape index (κ1) is 6.99. The highest BCUT2D eigenvalue weighted by atomic mass is 16.3. The minimum Gasteiger partial charge on any atom is -0.391 e. The van der Waals surface area contributed by atoms with Crippen LogP contribution in [0.5, 0.6) is 0 Å². The lowest BCUT2D eigenvalue weighted by Crippen LogP contribution is -2.28. The molecule has 0 spiro atoms. The molecule has 1 heterocycles. The van der Waals surface area contributed by atoms with Crippen LogP contribution in [-0.2, 0) is 0 Å². The quantitative estimate of drug-likeness (QED) is 0.439. The predicted molar refractivity (Wildman–Crippen MR) is 36.3 cm³/mol. The van der Waals surface area contributed by atoms with Crippen LogP contribution in [0.1, 0.15) is 0 Å². The first-order valence-corrected chi connectivity index (χ1v) is 3.38. The van der Waals surface area contributed by atoms with Crippen molar-refractivity contribution >= 4 is 0 Å². The standard InChI is InChI=1S/C6H14N2O/c1-7-2-5-3-8-4-6(5)9/h5-9H,2-4H2,1H3. The second-order valence-corrected chi connectivity index (χ2v) is 2.54. The summed E-state index contributed by atoms with van der Waals surface area (Å²) in [7, 11) is 1.91. The van der Waals surface area contributed by atoms with Crippen LogP contribution in [0.25, 0.3) is 0 Å². The lowest BCUT2D eigenvalue weighted by Gasteiger charge is -2.10. The molecule has 0 aromatic carbocycles. The highest BCUT2D eigenvalue weighted by molar-refractivity contribution is 4.81. The van der Waals surface area contributed by atoms with E-state index in [0.717, 1.165) is 19.6 Å². The molecule has 0 aromatic rings. The molecule has 0 bridgehead atoms. The largest absolute Gasteiger partial charge is 0.391 e. The first-order valence-electron chi connectivity index (χ1n) is 3.38. The molecule has 9 heavy (non-hydrogen) atoms. The van der Waals surface area contributed by atoms with Gasteiger partial charge in [-0.05, 0) is 7.05 Å². The molecule has 3 heteroatoms. The van der Waals surface area contributed by atoms with Crippen LogP contribution < -0.4 is 10.6 Å². The van der Waals surface area contributed by atoms with E-state index in [9.17, 15) is 5.11 Å². The number of aliphatic hydroxyl groups excluding tert-OH is 1. The van der Waals surface area contributed by atoms with E-state index in [0.29, 0.717) is 5.92 Å². The Bertz CT molecular complexity index is 87.1. The Morgan fingerprint density at radius 1 is 1.67 bits per heavy atom. The van der Waals surface area contributed by atoms with Gasteiger partial charge in [-0.15, -0.1) is 0 Å². The maximum atomic E-state index is 9.22. The highest BCUT2D eigenvalue weighted by Crippen LogP contribution is 2.05. The van der Waals surface area contributed by atoms with Crippen LogP contribution in [0.3, 0.4) is 0 Å². The van der Waals surface area contributed by atoms with Crippen molar-refractivity contribution in [2.45, 2.75) is 6.10 Å². The summed E-state index contributed by atoms with van der Waals surface area (Å²) in [5, 5.41) is 15.4. The number of aliphatic hydroxyl groups is 1. The third kappa shape index (κ3) is 1.64. The summed E-state index contributed by atoms with van der Waals surface area (Å²) in [5.41, 5.74) is 0. The van der Waals surface area contributed by atoms with Gasteiger partial charge in [-0.2, -0.15) is 0 Å². The minimum atomic E-state index is -0.141. The fourth-order valence-corrected chi connectivity index (χ4v) is 1.19. The van der Waals surface area contributed by atoms with Gasteiger partial charge in [0.05, 0.1) is 6.10 Å². The van der Waals surface area contributed by atoms with Crippen molar-refractivity contribution in [2.24, 2.45) is 5.92 Å². The van der Waals surface area contributed by atoms with Gasteiger partial charge in [-0.25, -0.2) is 0 Å². The fraction of sp³-hybridized carbons (Fsp3) is 1.00. The highest BCUT2D eigenvalue weighted by Gasteiger charge is 2.23. The van der Waals surface area contributed by atoms with E-state index >= 15 is 0 Å². The summed E-state index contributed by atoms with van der Waals surface area (Å²) in [5.74, 6) is 0.412. The van der Waals surface area contributed by atoms with E-state index in [4.69, 9.17) is 0 Å². The SMILES string of the molecule is CNCC1CNCC1O. The molecule has 1 rings (SSSR count). The van der Waals surface area contributed by atoms with E-state index in [-0.39, 0.29) is 6.10 Å².